The van der Waals surface area contributed by atoms with Gasteiger partial charge in [0.25, 0.3) is 5.56 Å². The molecule has 0 spiro atoms. The number of nitrogens with one attached hydrogen (secondary N) is 1. The van der Waals surface area contributed by atoms with Gasteiger partial charge in [0.2, 0.25) is 5.91 Å². The van der Waals surface area contributed by atoms with E-state index in [9.17, 15) is 22.8 Å². The molecule has 5 nitrogen and oxygen atoms in total. The van der Waals surface area contributed by atoms with Gasteiger partial charge in [0.15, 0.2) is 0 Å². The van der Waals surface area contributed by atoms with Crippen molar-refractivity contribution in [2.75, 3.05) is 5.32 Å². The molecule has 0 radical (unpaired) electrons. The van der Waals surface area contributed by atoms with Crippen molar-refractivity contribution < 1.29 is 18.0 Å². The van der Waals surface area contributed by atoms with Gasteiger partial charge in [-0.2, -0.15) is 13.2 Å². The molecule has 0 bridgehead atoms. The van der Waals surface area contributed by atoms with Gasteiger partial charge in [0.1, 0.15) is 0 Å². The molecule has 0 unspecified atom stereocenters. The second-order valence-corrected chi connectivity index (χ2v) is 7.78. The van der Waals surface area contributed by atoms with Crippen molar-refractivity contribution in [2.24, 2.45) is 0 Å². The Labute approximate surface area is 205 Å². The summed E-state index contributed by atoms with van der Waals surface area (Å²) in [5.41, 5.74) is 0.0474. The molecule has 1 N–H and O–H groups in total. The lowest BCUT2D eigenvalue weighted by Crippen LogP contribution is -2.21. The number of nitrogens with zero attached hydrogens (tertiary/aromatic N) is 2. The molecule has 1 amide bonds. The second kappa shape index (κ2) is 11.2. The molecule has 0 aliphatic heterocycles. The second-order valence-electron chi connectivity index (χ2n) is 7.37. The van der Waals surface area contributed by atoms with E-state index in [-0.39, 0.29) is 17.5 Å². The summed E-state index contributed by atoms with van der Waals surface area (Å²) >= 11 is 5.64. The van der Waals surface area contributed by atoms with Gasteiger partial charge in [-0.25, -0.2) is 0 Å². The minimum Gasteiger partial charge on any atom is -0.325 e. The van der Waals surface area contributed by atoms with Crippen LogP contribution in [-0.4, -0.2) is 15.5 Å². The van der Waals surface area contributed by atoms with Gasteiger partial charge in [-0.3, -0.25) is 14.6 Å². The van der Waals surface area contributed by atoms with Crippen LogP contribution in [-0.2, 0) is 23.9 Å². The Hall–Kier alpha value is -3.65. The Balaban J connectivity index is 0.00000167. The van der Waals surface area contributed by atoms with E-state index in [1.807, 2.05) is 26.0 Å². The van der Waals surface area contributed by atoms with E-state index in [0.29, 0.717) is 23.0 Å². The Morgan fingerprint density at radius 2 is 1.80 bits per heavy atom. The quantitative estimate of drug-likeness (QED) is 0.348. The molecular formula is C26H23ClF3N3O2. The standard InChI is InChI=1S/C24H17ClF3N3O2.C2H6/c25-20-8-7-15(12-19(20)24(26,27)28)13-22(32)30-21-6-3-5-18-17(21)9-11-31(23(18)33)14-16-4-1-2-10-29-16;1-2/h1-12H,13-14H2,(H,30,32);1-2H3. The highest BCUT2D eigenvalue weighted by molar-refractivity contribution is 6.31. The highest BCUT2D eigenvalue weighted by Crippen LogP contribution is 2.35. The fraction of sp³-hybridized carbons (Fsp3) is 0.192. The minimum atomic E-state index is -4.62. The first-order chi connectivity index (χ1) is 16.7. The summed E-state index contributed by atoms with van der Waals surface area (Å²) in [7, 11) is 0. The minimum absolute atomic E-state index is 0.169. The SMILES string of the molecule is CC.O=C(Cc1ccc(Cl)c(C(F)(F)F)c1)Nc1cccc2c(=O)n(Cc3ccccn3)ccc12. The summed E-state index contributed by atoms with van der Waals surface area (Å²) in [5, 5.41) is 3.19. The van der Waals surface area contributed by atoms with Gasteiger partial charge in [-0.05, 0) is 48.0 Å². The number of pyridine rings is 2. The molecular weight excluding hydrogens is 479 g/mol. The van der Waals surface area contributed by atoms with Crippen LogP contribution in [0.25, 0.3) is 10.8 Å². The van der Waals surface area contributed by atoms with Crippen molar-refractivity contribution in [3.8, 4) is 0 Å². The predicted octanol–water partition coefficient (Wildman–Crippen LogP) is 6.32. The fourth-order valence-electron chi connectivity index (χ4n) is 3.50. The van der Waals surface area contributed by atoms with Gasteiger partial charge < -0.3 is 9.88 Å². The average Bonchev–Trinajstić information content (AvgIpc) is 2.84. The topological polar surface area (TPSA) is 64.0 Å². The van der Waals surface area contributed by atoms with E-state index < -0.39 is 22.7 Å². The van der Waals surface area contributed by atoms with Crippen molar-refractivity contribution in [1.82, 2.24) is 9.55 Å². The molecule has 4 rings (SSSR count). The molecule has 35 heavy (non-hydrogen) atoms. The number of rotatable bonds is 5. The van der Waals surface area contributed by atoms with Gasteiger partial charge >= 0.3 is 6.18 Å². The Bertz CT molecular complexity index is 1390. The van der Waals surface area contributed by atoms with E-state index in [4.69, 9.17) is 11.6 Å². The Morgan fingerprint density at radius 3 is 2.49 bits per heavy atom. The summed E-state index contributed by atoms with van der Waals surface area (Å²) in [6, 6.07) is 15.4. The number of hydrogen-bond acceptors (Lipinski definition) is 3. The number of halogens is 4. The van der Waals surface area contributed by atoms with Gasteiger partial charge in [0, 0.05) is 28.9 Å². The molecule has 0 saturated heterocycles. The summed E-state index contributed by atoms with van der Waals surface area (Å²) in [6.07, 6.45) is -1.64. The molecule has 2 heterocycles. The first-order valence-electron chi connectivity index (χ1n) is 10.9. The highest BCUT2D eigenvalue weighted by atomic mass is 35.5. The predicted molar refractivity (Wildman–Crippen MR) is 132 cm³/mol. The largest absolute Gasteiger partial charge is 0.417 e. The number of hydrogen-bond donors (Lipinski definition) is 1. The Morgan fingerprint density at radius 1 is 1.03 bits per heavy atom. The van der Waals surface area contributed by atoms with Crippen molar-refractivity contribution >= 4 is 34.0 Å². The lowest BCUT2D eigenvalue weighted by Gasteiger charge is -2.13. The molecule has 0 aliphatic rings. The first-order valence-corrected chi connectivity index (χ1v) is 11.3. The van der Waals surface area contributed by atoms with Gasteiger partial charge in [-0.1, -0.05) is 43.6 Å². The molecule has 0 aliphatic carbocycles. The zero-order chi connectivity index (χ0) is 25.6. The van der Waals surface area contributed by atoms with Crippen molar-refractivity contribution in [3.05, 3.63) is 105 Å². The maximum absolute atomic E-state index is 13.1. The van der Waals surface area contributed by atoms with Crippen LogP contribution in [0.5, 0.6) is 0 Å². The van der Waals surface area contributed by atoms with E-state index >= 15 is 0 Å². The molecule has 4 aromatic rings. The normalized spacial score (nSPS) is 11.0. The first kappa shape index (κ1) is 26.0. The van der Waals surface area contributed by atoms with E-state index in [2.05, 4.69) is 10.3 Å². The zero-order valence-corrected chi connectivity index (χ0v) is 19.8. The van der Waals surface area contributed by atoms with Crippen LogP contribution in [0, 0.1) is 0 Å². The third-order valence-electron chi connectivity index (χ3n) is 5.05. The van der Waals surface area contributed by atoms with Crippen molar-refractivity contribution in [3.63, 3.8) is 0 Å². The summed E-state index contributed by atoms with van der Waals surface area (Å²) < 4.78 is 40.7. The molecule has 2 aromatic carbocycles. The van der Waals surface area contributed by atoms with E-state index in [1.54, 1.807) is 42.7 Å². The monoisotopic (exact) mass is 501 g/mol. The number of alkyl halides is 3. The Kier molecular flexibility index (Phi) is 8.30. The van der Waals surface area contributed by atoms with Crippen LogP contribution in [0.3, 0.4) is 0 Å². The van der Waals surface area contributed by atoms with Crippen molar-refractivity contribution in [2.45, 2.75) is 33.0 Å². The van der Waals surface area contributed by atoms with Crippen LogP contribution in [0.4, 0.5) is 18.9 Å². The van der Waals surface area contributed by atoms with Crippen LogP contribution < -0.4 is 10.9 Å². The number of amides is 1. The molecule has 0 saturated carbocycles. The molecule has 0 atom stereocenters. The maximum Gasteiger partial charge on any atom is 0.417 e. The van der Waals surface area contributed by atoms with Crippen LogP contribution >= 0.6 is 11.6 Å². The lowest BCUT2D eigenvalue weighted by atomic mass is 10.1. The molecule has 9 heteroatoms. The zero-order valence-electron chi connectivity index (χ0n) is 19.1. The maximum atomic E-state index is 13.1. The third kappa shape index (κ3) is 6.27. The summed E-state index contributed by atoms with van der Waals surface area (Å²) in [6.45, 7) is 4.30. The smallest absolute Gasteiger partial charge is 0.325 e. The molecule has 0 fully saturated rings. The molecule has 2 aromatic heterocycles. The van der Waals surface area contributed by atoms with Crippen LogP contribution in [0.2, 0.25) is 5.02 Å². The van der Waals surface area contributed by atoms with Crippen molar-refractivity contribution in [1.29, 1.82) is 0 Å². The average molecular weight is 502 g/mol. The fourth-order valence-corrected chi connectivity index (χ4v) is 3.72. The summed E-state index contributed by atoms with van der Waals surface area (Å²) in [5.74, 6) is -0.518. The van der Waals surface area contributed by atoms with Gasteiger partial charge in [0.05, 0.1) is 29.2 Å². The van der Waals surface area contributed by atoms with E-state index in [0.717, 1.165) is 17.8 Å². The van der Waals surface area contributed by atoms with Crippen LogP contribution in [0.1, 0.15) is 30.7 Å². The number of carbonyl (C=O) groups excluding carboxylic acids is 1. The summed E-state index contributed by atoms with van der Waals surface area (Å²) in [4.78, 5) is 29.7. The number of benzene rings is 2. The molecule has 182 valence electrons. The van der Waals surface area contributed by atoms with Crippen LogP contribution in [0.15, 0.2) is 77.9 Å². The third-order valence-corrected chi connectivity index (χ3v) is 5.38. The van der Waals surface area contributed by atoms with E-state index in [1.165, 1.54) is 10.6 Å². The number of carbonyl (C=O) groups is 1. The van der Waals surface area contributed by atoms with Gasteiger partial charge in [-0.15, -0.1) is 0 Å². The number of anilines is 1. The highest BCUT2D eigenvalue weighted by Gasteiger charge is 2.33. The lowest BCUT2D eigenvalue weighted by molar-refractivity contribution is -0.137. The number of aromatic nitrogens is 2. The number of fused-ring (bicyclic) bond motifs is 1.